The molecule has 0 atom stereocenters. The number of unbranched alkanes of at least 4 members (excludes halogenated alkanes) is 1. The summed E-state index contributed by atoms with van der Waals surface area (Å²) in [6.45, 7) is 4.17. The number of hydrogen-bond donors (Lipinski definition) is 0. The van der Waals surface area contributed by atoms with E-state index in [-0.39, 0.29) is 5.69 Å². The van der Waals surface area contributed by atoms with Crippen LogP contribution in [0.1, 0.15) is 38.1 Å². The molecule has 0 amide bonds. The molecule has 5 heteroatoms. The minimum atomic E-state index is -2.95. The molecule has 1 aromatic heterocycles. The SMILES string of the molecule is CCCCn1c(-c2ccccc2)nc(C(C)(F)F)c1CN(C)C. The molecule has 1 aromatic carbocycles. The maximum Gasteiger partial charge on any atom is 0.288 e. The van der Waals surface area contributed by atoms with Crippen LogP contribution in [0.25, 0.3) is 11.4 Å². The van der Waals surface area contributed by atoms with E-state index in [2.05, 4.69) is 11.9 Å². The van der Waals surface area contributed by atoms with E-state index in [1.807, 2.05) is 53.9 Å². The van der Waals surface area contributed by atoms with Gasteiger partial charge in [-0.1, -0.05) is 43.7 Å². The average molecular weight is 321 g/mol. The van der Waals surface area contributed by atoms with Crippen molar-refractivity contribution in [2.75, 3.05) is 14.1 Å². The van der Waals surface area contributed by atoms with Crippen molar-refractivity contribution in [1.29, 1.82) is 0 Å². The highest BCUT2D eigenvalue weighted by Gasteiger charge is 2.34. The van der Waals surface area contributed by atoms with Crippen LogP contribution in [0.2, 0.25) is 0 Å². The summed E-state index contributed by atoms with van der Waals surface area (Å²) in [7, 11) is 3.77. The van der Waals surface area contributed by atoms with Gasteiger partial charge in [0.15, 0.2) is 0 Å². The van der Waals surface area contributed by atoms with Crippen molar-refractivity contribution >= 4 is 0 Å². The largest absolute Gasteiger partial charge is 0.326 e. The van der Waals surface area contributed by atoms with Crippen LogP contribution in [-0.4, -0.2) is 28.5 Å². The lowest BCUT2D eigenvalue weighted by atomic mass is 10.2. The topological polar surface area (TPSA) is 21.1 Å². The molecule has 0 unspecified atom stereocenters. The highest BCUT2D eigenvalue weighted by molar-refractivity contribution is 5.57. The van der Waals surface area contributed by atoms with Crippen molar-refractivity contribution < 1.29 is 8.78 Å². The molecular weight excluding hydrogens is 296 g/mol. The lowest BCUT2D eigenvalue weighted by Gasteiger charge is -2.17. The Balaban J connectivity index is 2.62. The first-order valence-electron chi connectivity index (χ1n) is 8.02. The van der Waals surface area contributed by atoms with Crippen LogP contribution >= 0.6 is 0 Å². The Hall–Kier alpha value is -1.75. The van der Waals surface area contributed by atoms with E-state index in [9.17, 15) is 8.78 Å². The van der Waals surface area contributed by atoms with Crippen LogP contribution in [0.15, 0.2) is 30.3 Å². The smallest absolute Gasteiger partial charge is 0.288 e. The summed E-state index contributed by atoms with van der Waals surface area (Å²) in [6.07, 6.45) is 1.94. The number of alkyl halides is 2. The van der Waals surface area contributed by atoms with Gasteiger partial charge >= 0.3 is 0 Å². The quantitative estimate of drug-likeness (QED) is 0.747. The molecule has 0 saturated carbocycles. The Morgan fingerprint density at radius 3 is 2.35 bits per heavy atom. The van der Waals surface area contributed by atoms with Gasteiger partial charge in [0.1, 0.15) is 11.5 Å². The number of halogens is 2. The van der Waals surface area contributed by atoms with Crippen LogP contribution < -0.4 is 0 Å². The third-order valence-corrected chi connectivity index (χ3v) is 3.72. The van der Waals surface area contributed by atoms with Gasteiger partial charge in [-0.2, -0.15) is 8.78 Å². The van der Waals surface area contributed by atoms with E-state index in [0.717, 1.165) is 25.3 Å². The summed E-state index contributed by atoms with van der Waals surface area (Å²) >= 11 is 0. The van der Waals surface area contributed by atoms with Crippen molar-refractivity contribution in [2.45, 2.75) is 45.7 Å². The fourth-order valence-corrected chi connectivity index (χ4v) is 2.66. The number of rotatable bonds is 7. The van der Waals surface area contributed by atoms with Crippen molar-refractivity contribution in [3.8, 4) is 11.4 Å². The zero-order valence-electron chi connectivity index (χ0n) is 14.3. The molecule has 1 heterocycles. The fraction of sp³-hybridized carbons (Fsp3) is 0.500. The number of hydrogen-bond acceptors (Lipinski definition) is 2. The van der Waals surface area contributed by atoms with Gasteiger partial charge in [0.25, 0.3) is 5.92 Å². The molecule has 0 spiro atoms. The third kappa shape index (κ3) is 4.16. The number of benzene rings is 1. The lowest BCUT2D eigenvalue weighted by Crippen LogP contribution is -2.20. The zero-order chi connectivity index (χ0) is 17.0. The molecule has 126 valence electrons. The van der Waals surface area contributed by atoms with Crippen LogP contribution in [0.4, 0.5) is 8.78 Å². The van der Waals surface area contributed by atoms with Crippen LogP contribution in [0.3, 0.4) is 0 Å². The molecule has 0 aliphatic rings. The maximum atomic E-state index is 14.1. The lowest BCUT2D eigenvalue weighted by molar-refractivity contribution is 0.0115. The Morgan fingerprint density at radius 2 is 1.83 bits per heavy atom. The maximum absolute atomic E-state index is 14.1. The Labute approximate surface area is 137 Å². The van der Waals surface area contributed by atoms with E-state index in [4.69, 9.17) is 0 Å². The third-order valence-electron chi connectivity index (χ3n) is 3.72. The van der Waals surface area contributed by atoms with Gasteiger partial charge < -0.3 is 9.47 Å². The first-order valence-corrected chi connectivity index (χ1v) is 8.02. The van der Waals surface area contributed by atoms with Gasteiger partial charge in [-0.05, 0) is 20.5 Å². The molecule has 23 heavy (non-hydrogen) atoms. The molecule has 0 N–H and O–H groups in total. The van der Waals surface area contributed by atoms with Crippen molar-refractivity contribution in [3.05, 3.63) is 41.7 Å². The van der Waals surface area contributed by atoms with Crippen molar-refractivity contribution in [3.63, 3.8) is 0 Å². The van der Waals surface area contributed by atoms with Gasteiger partial charge in [0, 0.05) is 25.6 Å². The second-order valence-corrected chi connectivity index (χ2v) is 6.23. The summed E-state index contributed by atoms with van der Waals surface area (Å²) in [4.78, 5) is 6.25. The Morgan fingerprint density at radius 1 is 1.17 bits per heavy atom. The van der Waals surface area contributed by atoms with E-state index in [1.54, 1.807) is 0 Å². The predicted molar refractivity (Wildman–Crippen MR) is 89.5 cm³/mol. The fourth-order valence-electron chi connectivity index (χ4n) is 2.66. The molecule has 0 saturated heterocycles. The van der Waals surface area contributed by atoms with E-state index in [1.165, 1.54) is 0 Å². The first-order chi connectivity index (χ1) is 10.8. The number of aromatic nitrogens is 2. The van der Waals surface area contributed by atoms with Gasteiger partial charge in [-0.15, -0.1) is 0 Å². The van der Waals surface area contributed by atoms with Crippen molar-refractivity contribution in [2.24, 2.45) is 0 Å². The summed E-state index contributed by atoms with van der Waals surface area (Å²) in [5.74, 6) is -2.32. The molecule has 0 bridgehead atoms. The van der Waals surface area contributed by atoms with E-state index >= 15 is 0 Å². The highest BCUT2D eigenvalue weighted by Crippen LogP contribution is 2.33. The summed E-state index contributed by atoms with van der Waals surface area (Å²) in [6, 6.07) is 9.57. The molecule has 3 nitrogen and oxygen atoms in total. The minimum absolute atomic E-state index is 0.110. The second-order valence-electron chi connectivity index (χ2n) is 6.23. The van der Waals surface area contributed by atoms with E-state index < -0.39 is 5.92 Å². The van der Waals surface area contributed by atoms with Crippen LogP contribution in [0.5, 0.6) is 0 Å². The standard InChI is InChI=1S/C18H25F2N3/c1-5-6-12-23-15(13-22(3)4)16(18(2,19)20)21-17(23)14-10-8-7-9-11-14/h7-11H,5-6,12-13H2,1-4H3. The van der Waals surface area contributed by atoms with E-state index in [0.29, 0.717) is 24.6 Å². The normalized spacial score (nSPS) is 12.1. The molecule has 0 fully saturated rings. The first kappa shape index (κ1) is 17.6. The molecule has 2 rings (SSSR count). The van der Waals surface area contributed by atoms with Gasteiger partial charge in [0.05, 0.1) is 5.69 Å². The minimum Gasteiger partial charge on any atom is -0.326 e. The number of imidazole rings is 1. The predicted octanol–water partition coefficient (Wildman–Crippen LogP) is 4.52. The highest BCUT2D eigenvalue weighted by atomic mass is 19.3. The summed E-state index contributed by atoms with van der Waals surface area (Å²) in [5.41, 5.74) is 1.37. The molecule has 0 aliphatic carbocycles. The second kappa shape index (κ2) is 7.21. The molecular formula is C18H25F2N3. The average Bonchev–Trinajstić information content (AvgIpc) is 2.84. The van der Waals surface area contributed by atoms with Crippen LogP contribution in [-0.2, 0) is 19.0 Å². The molecule has 2 aromatic rings. The summed E-state index contributed by atoms with van der Waals surface area (Å²) in [5, 5.41) is 0. The molecule has 0 aliphatic heterocycles. The van der Waals surface area contributed by atoms with Gasteiger partial charge in [0.2, 0.25) is 0 Å². The van der Waals surface area contributed by atoms with Crippen LogP contribution in [0, 0.1) is 0 Å². The van der Waals surface area contributed by atoms with Gasteiger partial charge in [-0.25, -0.2) is 4.98 Å². The summed E-state index contributed by atoms with van der Waals surface area (Å²) < 4.78 is 30.2. The number of nitrogens with zero attached hydrogens (tertiary/aromatic N) is 3. The molecule has 0 radical (unpaired) electrons. The zero-order valence-corrected chi connectivity index (χ0v) is 14.3. The Kier molecular flexibility index (Phi) is 5.52. The van der Waals surface area contributed by atoms with Gasteiger partial charge in [-0.3, -0.25) is 0 Å². The van der Waals surface area contributed by atoms with Crippen molar-refractivity contribution in [1.82, 2.24) is 14.5 Å². The Bertz CT molecular complexity index is 628. The monoisotopic (exact) mass is 321 g/mol.